The molecule has 0 atom stereocenters. The monoisotopic (exact) mass is 263 g/mol. The van der Waals surface area contributed by atoms with Crippen LogP contribution in [0.2, 0.25) is 0 Å². The Morgan fingerprint density at radius 1 is 1.32 bits per heavy atom. The Morgan fingerprint density at radius 3 is 2.63 bits per heavy atom. The van der Waals surface area contributed by atoms with E-state index in [-0.39, 0.29) is 11.6 Å². The molecule has 0 aliphatic carbocycles. The number of aryl methyl sites for hydroxylation is 1. The fourth-order valence-electron chi connectivity index (χ4n) is 2.01. The maximum absolute atomic E-state index is 12.0. The van der Waals surface area contributed by atoms with E-state index in [9.17, 15) is 9.59 Å². The highest BCUT2D eigenvalue weighted by Crippen LogP contribution is 2.18. The summed E-state index contributed by atoms with van der Waals surface area (Å²) < 4.78 is 0. The molecular formula is C13H17N3O3. The van der Waals surface area contributed by atoms with Crippen molar-refractivity contribution in [1.82, 2.24) is 10.2 Å². The van der Waals surface area contributed by atoms with Crippen LogP contribution in [0.5, 0.6) is 0 Å². The molecule has 1 fully saturated rings. The van der Waals surface area contributed by atoms with Crippen molar-refractivity contribution in [1.29, 1.82) is 0 Å². The second kappa shape index (κ2) is 5.71. The number of benzene rings is 1. The maximum Gasteiger partial charge on any atom is 0.337 e. The normalized spacial score (nSPS) is 15.1. The van der Waals surface area contributed by atoms with E-state index in [4.69, 9.17) is 5.11 Å². The largest absolute Gasteiger partial charge is 0.478 e. The van der Waals surface area contributed by atoms with E-state index in [1.807, 2.05) is 6.92 Å². The zero-order chi connectivity index (χ0) is 13.8. The highest BCUT2D eigenvalue weighted by molar-refractivity contribution is 6.00. The summed E-state index contributed by atoms with van der Waals surface area (Å²) in [5, 5.41) is 15.0. The van der Waals surface area contributed by atoms with Crippen molar-refractivity contribution in [2.45, 2.75) is 6.92 Å². The number of aromatic carboxylic acids is 1. The van der Waals surface area contributed by atoms with Gasteiger partial charge < -0.3 is 20.6 Å². The van der Waals surface area contributed by atoms with Gasteiger partial charge in [-0.15, -0.1) is 0 Å². The van der Waals surface area contributed by atoms with E-state index in [0.29, 0.717) is 18.8 Å². The lowest BCUT2D eigenvalue weighted by molar-refractivity contribution is 0.0698. The second-order valence-corrected chi connectivity index (χ2v) is 4.52. The number of nitrogens with one attached hydrogen (secondary N) is 2. The summed E-state index contributed by atoms with van der Waals surface area (Å²) in [7, 11) is 0. The number of anilines is 1. The van der Waals surface area contributed by atoms with E-state index in [1.165, 1.54) is 0 Å². The molecule has 6 heteroatoms. The van der Waals surface area contributed by atoms with Crippen LogP contribution in [0, 0.1) is 6.92 Å². The van der Waals surface area contributed by atoms with Crippen LogP contribution in [0.15, 0.2) is 18.2 Å². The molecule has 3 N–H and O–H groups in total. The number of carbonyl (C=O) groups is 2. The maximum atomic E-state index is 12.0. The van der Waals surface area contributed by atoms with Crippen LogP contribution in [0.25, 0.3) is 0 Å². The van der Waals surface area contributed by atoms with Crippen LogP contribution in [0.1, 0.15) is 15.9 Å². The van der Waals surface area contributed by atoms with Crippen molar-refractivity contribution in [2.24, 2.45) is 0 Å². The Labute approximate surface area is 111 Å². The number of carbonyl (C=O) groups excluding carboxylic acids is 1. The highest BCUT2D eigenvalue weighted by Gasteiger charge is 2.18. The third-order valence-electron chi connectivity index (χ3n) is 3.05. The number of piperazine rings is 1. The van der Waals surface area contributed by atoms with E-state index in [0.717, 1.165) is 18.7 Å². The van der Waals surface area contributed by atoms with Crippen LogP contribution in [0.3, 0.4) is 0 Å². The van der Waals surface area contributed by atoms with Crippen molar-refractivity contribution in [3.63, 3.8) is 0 Å². The van der Waals surface area contributed by atoms with Gasteiger partial charge in [-0.05, 0) is 19.1 Å². The molecule has 19 heavy (non-hydrogen) atoms. The van der Waals surface area contributed by atoms with Crippen LogP contribution in [-0.2, 0) is 0 Å². The van der Waals surface area contributed by atoms with Crippen LogP contribution < -0.4 is 10.6 Å². The Hall–Kier alpha value is -2.08. The first-order valence-corrected chi connectivity index (χ1v) is 6.18. The Morgan fingerprint density at radius 2 is 2.00 bits per heavy atom. The van der Waals surface area contributed by atoms with Gasteiger partial charge in [0.1, 0.15) is 0 Å². The number of nitrogens with zero attached hydrogens (tertiary/aromatic N) is 1. The first-order chi connectivity index (χ1) is 9.08. The van der Waals surface area contributed by atoms with Crippen molar-refractivity contribution in [3.05, 3.63) is 29.3 Å². The smallest absolute Gasteiger partial charge is 0.337 e. The van der Waals surface area contributed by atoms with Gasteiger partial charge in [0.05, 0.1) is 11.3 Å². The van der Waals surface area contributed by atoms with E-state index < -0.39 is 5.97 Å². The molecule has 1 aliphatic heterocycles. The van der Waals surface area contributed by atoms with Gasteiger partial charge in [-0.2, -0.15) is 0 Å². The molecule has 0 bridgehead atoms. The molecule has 1 aliphatic rings. The van der Waals surface area contributed by atoms with Crippen molar-refractivity contribution >= 4 is 17.7 Å². The minimum atomic E-state index is -1.04. The predicted octanol–water partition coefficient (Wildman–Crippen LogP) is 1.13. The number of hydrogen-bond acceptors (Lipinski definition) is 3. The first-order valence-electron chi connectivity index (χ1n) is 6.18. The van der Waals surface area contributed by atoms with Gasteiger partial charge >= 0.3 is 12.0 Å². The summed E-state index contributed by atoms with van der Waals surface area (Å²) in [5.41, 5.74) is 1.29. The third kappa shape index (κ3) is 3.23. The number of carboxylic acids is 1. The molecule has 0 spiro atoms. The summed E-state index contributed by atoms with van der Waals surface area (Å²) in [6.45, 7) is 4.58. The molecule has 1 saturated heterocycles. The van der Waals surface area contributed by atoms with Crippen molar-refractivity contribution < 1.29 is 14.7 Å². The van der Waals surface area contributed by atoms with E-state index >= 15 is 0 Å². The molecule has 0 saturated carbocycles. The fraction of sp³-hybridized carbons (Fsp3) is 0.385. The van der Waals surface area contributed by atoms with Gasteiger partial charge in [0, 0.05) is 26.2 Å². The van der Waals surface area contributed by atoms with Crippen molar-refractivity contribution in [2.75, 3.05) is 31.5 Å². The Bertz CT molecular complexity index is 496. The van der Waals surface area contributed by atoms with Gasteiger partial charge in [0.25, 0.3) is 0 Å². The quantitative estimate of drug-likeness (QED) is 0.747. The summed E-state index contributed by atoms with van der Waals surface area (Å²) in [4.78, 5) is 24.8. The molecule has 6 nitrogen and oxygen atoms in total. The molecular weight excluding hydrogens is 246 g/mol. The molecule has 1 aromatic rings. The highest BCUT2D eigenvalue weighted by atomic mass is 16.4. The zero-order valence-corrected chi connectivity index (χ0v) is 10.8. The van der Waals surface area contributed by atoms with Gasteiger partial charge in [0.15, 0.2) is 0 Å². The predicted molar refractivity (Wildman–Crippen MR) is 71.6 cm³/mol. The number of rotatable bonds is 2. The topological polar surface area (TPSA) is 81.7 Å². The molecule has 1 heterocycles. The number of urea groups is 1. The SMILES string of the molecule is Cc1ccc(NC(=O)N2CCNCC2)c(C(=O)O)c1. The molecule has 2 amide bonds. The molecule has 1 aromatic carbocycles. The zero-order valence-electron chi connectivity index (χ0n) is 10.8. The van der Waals surface area contributed by atoms with Gasteiger partial charge in [-0.1, -0.05) is 11.6 Å². The summed E-state index contributed by atoms with van der Waals surface area (Å²) in [5.74, 6) is -1.04. The number of amides is 2. The average molecular weight is 263 g/mol. The first kappa shape index (κ1) is 13.4. The molecule has 0 aromatic heterocycles. The third-order valence-corrected chi connectivity index (χ3v) is 3.05. The Balaban J connectivity index is 2.13. The lowest BCUT2D eigenvalue weighted by Crippen LogP contribution is -2.48. The molecule has 102 valence electrons. The standard InChI is InChI=1S/C13H17N3O3/c1-9-2-3-11(10(8-9)12(17)18)15-13(19)16-6-4-14-5-7-16/h2-3,8,14H,4-7H2,1H3,(H,15,19)(H,17,18). The van der Waals surface area contributed by atoms with E-state index in [1.54, 1.807) is 23.1 Å². The minimum absolute atomic E-state index is 0.114. The van der Waals surface area contributed by atoms with Crippen LogP contribution in [0.4, 0.5) is 10.5 Å². The summed E-state index contributed by atoms with van der Waals surface area (Å²) >= 11 is 0. The number of hydrogen-bond donors (Lipinski definition) is 3. The van der Waals surface area contributed by atoms with Crippen LogP contribution in [-0.4, -0.2) is 48.2 Å². The number of carboxylic acid groups (broad SMARTS) is 1. The van der Waals surface area contributed by atoms with E-state index in [2.05, 4.69) is 10.6 Å². The Kier molecular flexibility index (Phi) is 4.01. The molecule has 2 rings (SSSR count). The summed E-state index contributed by atoms with van der Waals surface area (Å²) in [6, 6.07) is 4.70. The fourth-order valence-corrected chi connectivity index (χ4v) is 2.01. The lowest BCUT2D eigenvalue weighted by atomic mass is 10.1. The second-order valence-electron chi connectivity index (χ2n) is 4.52. The molecule has 0 radical (unpaired) electrons. The van der Waals surface area contributed by atoms with Gasteiger partial charge in [-0.3, -0.25) is 0 Å². The van der Waals surface area contributed by atoms with Crippen molar-refractivity contribution in [3.8, 4) is 0 Å². The lowest BCUT2D eigenvalue weighted by Gasteiger charge is -2.27. The van der Waals surface area contributed by atoms with Gasteiger partial charge in [0.2, 0.25) is 0 Å². The summed E-state index contributed by atoms with van der Waals surface area (Å²) in [6.07, 6.45) is 0. The van der Waals surface area contributed by atoms with Crippen LogP contribution >= 0.6 is 0 Å². The average Bonchev–Trinajstić information content (AvgIpc) is 2.41. The minimum Gasteiger partial charge on any atom is -0.478 e. The van der Waals surface area contributed by atoms with Gasteiger partial charge in [-0.25, -0.2) is 9.59 Å². The molecule has 0 unspecified atom stereocenters.